The summed E-state index contributed by atoms with van der Waals surface area (Å²) in [7, 11) is 0. The van der Waals surface area contributed by atoms with Crippen LogP contribution in [0.5, 0.6) is 11.5 Å². The van der Waals surface area contributed by atoms with Gasteiger partial charge < -0.3 is 14.8 Å². The van der Waals surface area contributed by atoms with E-state index in [2.05, 4.69) is 5.32 Å². The Morgan fingerprint density at radius 2 is 1.48 bits per heavy atom. The van der Waals surface area contributed by atoms with Crippen LogP contribution in [0.3, 0.4) is 0 Å². The van der Waals surface area contributed by atoms with E-state index in [0.717, 1.165) is 0 Å². The van der Waals surface area contributed by atoms with Crippen molar-refractivity contribution in [2.75, 3.05) is 5.32 Å². The van der Waals surface area contributed by atoms with Crippen LogP contribution in [0.15, 0.2) is 48.5 Å². The summed E-state index contributed by atoms with van der Waals surface area (Å²) >= 11 is 0. The highest BCUT2D eigenvalue weighted by molar-refractivity contribution is 5.95. The van der Waals surface area contributed by atoms with Crippen LogP contribution in [-0.4, -0.2) is 17.8 Å². The molecule has 6 heteroatoms. The lowest BCUT2D eigenvalue weighted by Crippen LogP contribution is -2.19. The zero-order valence-electron chi connectivity index (χ0n) is 14.2. The van der Waals surface area contributed by atoms with E-state index in [1.165, 1.54) is 26.0 Å². The van der Waals surface area contributed by atoms with Crippen LogP contribution in [0.25, 0.3) is 0 Å². The second kappa shape index (κ2) is 8.10. The van der Waals surface area contributed by atoms with Gasteiger partial charge in [0.1, 0.15) is 0 Å². The molecular formula is C19H19NO5. The molecule has 0 saturated heterocycles. The van der Waals surface area contributed by atoms with Crippen molar-refractivity contribution < 1.29 is 23.9 Å². The fourth-order valence-corrected chi connectivity index (χ4v) is 2.19. The predicted octanol–water partition coefficient (Wildman–Crippen LogP) is 3.28. The maximum absolute atomic E-state index is 12.4. The smallest absolute Gasteiger partial charge is 0.308 e. The molecule has 2 aromatic rings. The Balaban J connectivity index is 2.23. The van der Waals surface area contributed by atoms with E-state index in [9.17, 15) is 14.4 Å². The standard InChI is InChI=1S/C19H19NO5/c1-12(19(23)20-16-7-5-4-6-8-16)15-9-10-17(24-13(2)21)18(11-15)25-14(3)22/h4-12H,1-3H3,(H,20,23). The topological polar surface area (TPSA) is 81.7 Å². The number of esters is 2. The van der Waals surface area contributed by atoms with Gasteiger partial charge in [-0.15, -0.1) is 0 Å². The predicted molar refractivity (Wildman–Crippen MR) is 92.5 cm³/mol. The van der Waals surface area contributed by atoms with E-state index < -0.39 is 17.9 Å². The number of benzene rings is 2. The number of hydrogen-bond donors (Lipinski definition) is 1. The minimum absolute atomic E-state index is 0.0968. The summed E-state index contributed by atoms with van der Waals surface area (Å²) in [6, 6.07) is 13.8. The molecule has 6 nitrogen and oxygen atoms in total. The zero-order chi connectivity index (χ0) is 18.4. The Morgan fingerprint density at radius 3 is 2.08 bits per heavy atom. The minimum Gasteiger partial charge on any atom is -0.423 e. The van der Waals surface area contributed by atoms with Crippen LogP contribution < -0.4 is 14.8 Å². The van der Waals surface area contributed by atoms with Gasteiger partial charge in [0.05, 0.1) is 5.92 Å². The average molecular weight is 341 g/mol. The number of rotatable bonds is 5. The molecule has 0 aromatic heterocycles. The molecule has 0 aliphatic carbocycles. The molecule has 0 saturated carbocycles. The number of anilines is 1. The normalized spacial score (nSPS) is 11.3. The average Bonchev–Trinajstić information content (AvgIpc) is 2.55. The molecule has 0 heterocycles. The molecule has 0 aliphatic rings. The minimum atomic E-state index is -0.549. The molecule has 1 N–H and O–H groups in total. The largest absolute Gasteiger partial charge is 0.423 e. The van der Waals surface area contributed by atoms with E-state index in [-0.39, 0.29) is 17.4 Å². The van der Waals surface area contributed by atoms with Crippen molar-refractivity contribution in [3.63, 3.8) is 0 Å². The molecule has 0 spiro atoms. The van der Waals surface area contributed by atoms with Crippen molar-refractivity contribution in [3.05, 3.63) is 54.1 Å². The summed E-state index contributed by atoms with van der Waals surface area (Å²) in [6.07, 6.45) is 0. The summed E-state index contributed by atoms with van der Waals surface area (Å²) in [6.45, 7) is 4.23. The molecule has 1 amide bonds. The van der Waals surface area contributed by atoms with Gasteiger partial charge in [-0.1, -0.05) is 24.3 Å². The van der Waals surface area contributed by atoms with Crippen LogP contribution in [0, 0.1) is 0 Å². The first-order valence-electron chi connectivity index (χ1n) is 7.73. The number of hydrogen-bond acceptors (Lipinski definition) is 5. The van der Waals surface area contributed by atoms with Gasteiger partial charge in [0, 0.05) is 19.5 Å². The first-order chi connectivity index (χ1) is 11.9. The number of nitrogens with one attached hydrogen (secondary N) is 1. The van der Waals surface area contributed by atoms with Crippen molar-refractivity contribution in [2.24, 2.45) is 0 Å². The summed E-state index contributed by atoms with van der Waals surface area (Å²) in [5.74, 6) is -1.56. The highest BCUT2D eigenvalue weighted by atomic mass is 16.6. The van der Waals surface area contributed by atoms with Gasteiger partial charge >= 0.3 is 11.9 Å². The molecule has 1 unspecified atom stereocenters. The zero-order valence-corrected chi connectivity index (χ0v) is 14.2. The molecule has 1 atom stereocenters. The van der Waals surface area contributed by atoms with Gasteiger partial charge in [-0.05, 0) is 36.8 Å². The Hall–Kier alpha value is -3.15. The molecule has 25 heavy (non-hydrogen) atoms. The van der Waals surface area contributed by atoms with Crippen molar-refractivity contribution in [1.29, 1.82) is 0 Å². The SMILES string of the molecule is CC(=O)Oc1ccc(C(C)C(=O)Nc2ccccc2)cc1OC(C)=O. The number of ether oxygens (including phenoxy) is 2. The van der Waals surface area contributed by atoms with Crippen molar-refractivity contribution in [2.45, 2.75) is 26.7 Å². The van der Waals surface area contributed by atoms with E-state index in [1.807, 2.05) is 18.2 Å². The molecule has 0 bridgehead atoms. The van der Waals surface area contributed by atoms with Crippen molar-refractivity contribution in [3.8, 4) is 11.5 Å². The molecule has 0 aliphatic heterocycles. The van der Waals surface area contributed by atoms with Gasteiger partial charge in [-0.2, -0.15) is 0 Å². The second-order valence-corrected chi connectivity index (χ2v) is 5.47. The monoisotopic (exact) mass is 341 g/mol. The molecule has 2 rings (SSSR count). The highest BCUT2D eigenvalue weighted by Gasteiger charge is 2.19. The quantitative estimate of drug-likeness (QED) is 0.667. The Bertz CT molecular complexity index is 786. The summed E-state index contributed by atoms with van der Waals surface area (Å²) < 4.78 is 10.1. The van der Waals surface area contributed by atoms with Crippen LogP contribution in [0.1, 0.15) is 32.3 Å². The van der Waals surface area contributed by atoms with Crippen LogP contribution in [-0.2, 0) is 14.4 Å². The third-order valence-electron chi connectivity index (χ3n) is 3.41. The lowest BCUT2D eigenvalue weighted by atomic mass is 9.99. The van der Waals surface area contributed by atoms with Crippen molar-refractivity contribution in [1.82, 2.24) is 0 Å². The number of carbonyl (C=O) groups excluding carboxylic acids is 3. The fourth-order valence-electron chi connectivity index (χ4n) is 2.19. The first kappa shape index (κ1) is 18.2. The van der Waals surface area contributed by atoms with Gasteiger partial charge in [0.25, 0.3) is 0 Å². The Labute approximate surface area is 145 Å². The maximum atomic E-state index is 12.4. The molecule has 2 aromatic carbocycles. The number of carbonyl (C=O) groups is 3. The van der Waals surface area contributed by atoms with E-state index >= 15 is 0 Å². The van der Waals surface area contributed by atoms with Crippen LogP contribution >= 0.6 is 0 Å². The third kappa shape index (κ3) is 5.17. The Kier molecular flexibility index (Phi) is 5.89. The lowest BCUT2D eigenvalue weighted by molar-refractivity contribution is -0.134. The van der Waals surface area contributed by atoms with Crippen LogP contribution in [0.4, 0.5) is 5.69 Å². The summed E-state index contributed by atoms with van der Waals surface area (Å²) in [5, 5.41) is 2.82. The van der Waals surface area contributed by atoms with E-state index in [0.29, 0.717) is 11.3 Å². The number of amides is 1. The molecule has 130 valence electrons. The van der Waals surface area contributed by atoms with Crippen LogP contribution in [0.2, 0.25) is 0 Å². The fraction of sp³-hybridized carbons (Fsp3) is 0.211. The molecule has 0 fully saturated rings. The maximum Gasteiger partial charge on any atom is 0.308 e. The van der Waals surface area contributed by atoms with Gasteiger partial charge in [-0.25, -0.2) is 0 Å². The summed E-state index contributed by atoms with van der Waals surface area (Å²) in [4.78, 5) is 34.8. The highest BCUT2D eigenvalue weighted by Crippen LogP contribution is 2.32. The van der Waals surface area contributed by atoms with Crippen molar-refractivity contribution >= 4 is 23.5 Å². The van der Waals surface area contributed by atoms with Gasteiger partial charge in [-0.3, -0.25) is 14.4 Å². The molecule has 0 radical (unpaired) electrons. The van der Waals surface area contributed by atoms with E-state index in [1.54, 1.807) is 25.1 Å². The molecular weight excluding hydrogens is 322 g/mol. The van der Waals surface area contributed by atoms with E-state index in [4.69, 9.17) is 9.47 Å². The number of para-hydroxylation sites is 1. The van der Waals surface area contributed by atoms with Gasteiger partial charge in [0.2, 0.25) is 5.91 Å². The van der Waals surface area contributed by atoms with Gasteiger partial charge in [0.15, 0.2) is 11.5 Å². The summed E-state index contributed by atoms with van der Waals surface area (Å²) in [5.41, 5.74) is 1.32. The first-order valence-corrected chi connectivity index (χ1v) is 7.73. The Morgan fingerprint density at radius 1 is 0.880 bits per heavy atom. The third-order valence-corrected chi connectivity index (χ3v) is 3.41. The lowest BCUT2D eigenvalue weighted by Gasteiger charge is -2.15. The second-order valence-electron chi connectivity index (χ2n) is 5.47.